The summed E-state index contributed by atoms with van der Waals surface area (Å²) in [5.41, 5.74) is 11.1. The van der Waals surface area contributed by atoms with Gasteiger partial charge in [-0.05, 0) is 43.2 Å². The van der Waals surface area contributed by atoms with E-state index in [0.29, 0.717) is 0 Å². The Kier molecular flexibility index (Phi) is 3.38. The minimum Gasteiger partial charge on any atom is -0.397 e. The first-order valence-corrected chi connectivity index (χ1v) is 6.25. The van der Waals surface area contributed by atoms with Crippen LogP contribution >= 0.6 is 15.9 Å². The fraction of sp³-hybridized carbons (Fsp3) is 0.143. The van der Waals surface area contributed by atoms with Gasteiger partial charge >= 0.3 is 0 Å². The van der Waals surface area contributed by atoms with Crippen LogP contribution in [0.1, 0.15) is 11.1 Å². The first-order valence-electron chi connectivity index (χ1n) is 5.46. The van der Waals surface area contributed by atoms with E-state index in [2.05, 4.69) is 40.3 Å². The van der Waals surface area contributed by atoms with Gasteiger partial charge in [0.15, 0.2) is 0 Å². The van der Waals surface area contributed by atoms with Crippen LogP contribution in [0.15, 0.2) is 40.9 Å². The smallest absolute Gasteiger partial charge is 0.0620 e. The summed E-state index contributed by atoms with van der Waals surface area (Å²) >= 11 is 3.52. The highest BCUT2D eigenvalue weighted by atomic mass is 79.9. The molecular weight excluding hydrogens is 276 g/mol. The Bertz CT molecular complexity index is 550. The summed E-state index contributed by atoms with van der Waals surface area (Å²) in [5.74, 6) is 0. The molecule has 0 amide bonds. The highest BCUT2D eigenvalue weighted by molar-refractivity contribution is 9.10. The highest BCUT2D eigenvalue weighted by Gasteiger charge is 2.03. The Hall–Kier alpha value is -1.48. The van der Waals surface area contributed by atoms with E-state index < -0.39 is 0 Å². The summed E-state index contributed by atoms with van der Waals surface area (Å²) in [5, 5.41) is 3.33. The van der Waals surface area contributed by atoms with Crippen molar-refractivity contribution in [3.63, 3.8) is 0 Å². The quantitative estimate of drug-likeness (QED) is 0.805. The van der Waals surface area contributed by atoms with Gasteiger partial charge in [0.1, 0.15) is 0 Å². The molecule has 2 rings (SSSR count). The molecule has 0 fully saturated rings. The minimum atomic E-state index is 0.796. The van der Waals surface area contributed by atoms with E-state index in [1.165, 1.54) is 5.56 Å². The Labute approximate surface area is 110 Å². The van der Waals surface area contributed by atoms with Gasteiger partial charge in [-0.25, -0.2) is 0 Å². The number of hydrogen-bond donors (Lipinski definition) is 2. The number of aryl methyl sites for hydroxylation is 2. The molecule has 88 valence electrons. The Morgan fingerprint density at radius 3 is 2.53 bits per heavy atom. The van der Waals surface area contributed by atoms with Gasteiger partial charge < -0.3 is 11.1 Å². The fourth-order valence-corrected chi connectivity index (χ4v) is 1.99. The second-order valence-electron chi connectivity index (χ2n) is 4.13. The monoisotopic (exact) mass is 290 g/mol. The molecule has 0 aliphatic rings. The first kappa shape index (κ1) is 12.0. The number of anilines is 3. The summed E-state index contributed by atoms with van der Waals surface area (Å²) < 4.78 is 1.09. The van der Waals surface area contributed by atoms with Crippen molar-refractivity contribution in [2.75, 3.05) is 11.1 Å². The van der Waals surface area contributed by atoms with Crippen molar-refractivity contribution in [1.82, 2.24) is 0 Å². The molecule has 0 atom stereocenters. The van der Waals surface area contributed by atoms with E-state index >= 15 is 0 Å². The maximum Gasteiger partial charge on any atom is 0.0620 e. The zero-order chi connectivity index (χ0) is 12.4. The molecule has 17 heavy (non-hydrogen) atoms. The van der Waals surface area contributed by atoms with Crippen LogP contribution in [-0.4, -0.2) is 0 Å². The topological polar surface area (TPSA) is 38.0 Å². The molecule has 0 bridgehead atoms. The van der Waals surface area contributed by atoms with E-state index in [4.69, 9.17) is 5.73 Å². The van der Waals surface area contributed by atoms with Crippen molar-refractivity contribution in [3.8, 4) is 0 Å². The van der Waals surface area contributed by atoms with Gasteiger partial charge in [0, 0.05) is 10.2 Å². The molecule has 0 saturated heterocycles. The van der Waals surface area contributed by atoms with E-state index in [9.17, 15) is 0 Å². The van der Waals surface area contributed by atoms with Gasteiger partial charge in [0.05, 0.1) is 11.4 Å². The molecular formula is C14H15BrN2. The van der Waals surface area contributed by atoms with Crippen LogP contribution in [0.4, 0.5) is 17.1 Å². The van der Waals surface area contributed by atoms with Crippen LogP contribution < -0.4 is 11.1 Å². The predicted molar refractivity (Wildman–Crippen MR) is 77.8 cm³/mol. The number of halogens is 1. The van der Waals surface area contributed by atoms with Crippen molar-refractivity contribution in [1.29, 1.82) is 0 Å². The van der Waals surface area contributed by atoms with Gasteiger partial charge in [-0.2, -0.15) is 0 Å². The summed E-state index contributed by atoms with van der Waals surface area (Å²) in [6.07, 6.45) is 0. The number of nitrogens with one attached hydrogen (secondary N) is 1. The predicted octanol–water partition coefficient (Wildman–Crippen LogP) is 4.39. The van der Waals surface area contributed by atoms with Gasteiger partial charge in [0.25, 0.3) is 0 Å². The van der Waals surface area contributed by atoms with E-state index in [-0.39, 0.29) is 0 Å². The standard InChI is InChI=1S/C14H15BrN2/c1-9-6-7-11(8-12(9)15)17-13-5-3-4-10(2)14(13)16/h3-8,17H,16H2,1-2H3. The molecule has 0 radical (unpaired) electrons. The van der Waals surface area contributed by atoms with Gasteiger partial charge in [-0.15, -0.1) is 0 Å². The molecule has 0 aromatic heterocycles. The second kappa shape index (κ2) is 4.80. The molecule has 0 spiro atoms. The lowest BCUT2D eigenvalue weighted by molar-refractivity contribution is 1.41. The number of nitrogens with two attached hydrogens (primary N) is 1. The largest absolute Gasteiger partial charge is 0.397 e. The highest BCUT2D eigenvalue weighted by Crippen LogP contribution is 2.28. The molecule has 0 unspecified atom stereocenters. The van der Waals surface area contributed by atoms with E-state index in [1.54, 1.807) is 0 Å². The normalized spacial score (nSPS) is 10.3. The Balaban J connectivity index is 2.31. The van der Waals surface area contributed by atoms with Crippen molar-refractivity contribution < 1.29 is 0 Å². The van der Waals surface area contributed by atoms with Gasteiger partial charge in [-0.3, -0.25) is 0 Å². The maximum absolute atomic E-state index is 6.02. The van der Waals surface area contributed by atoms with Crippen LogP contribution in [-0.2, 0) is 0 Å². The van der Waals surface area contributed by atoms with Crippen molar-refractivity contribution in [2.24, 2.45) is 0 Å². The molecule has 0 aliphatic heterocycles. The first-order chi connectivity index (χ1) is 8.08. The van der Waals surface area contributed by atoms with Crippen LogP contribution in [0.25, 0.3) is 0 Å². The second-order valence-corrected chi connectivity index (χ2v) is 4.98. The summed E-state index contributed by atoms with van der Waals surface area (Å²) in [6.45, 7) is 4.07. The zero-order valence-corrected chi connectivity index (χ0v) is 11.5. The molecule has 3 heteroatoms. The number of benzene rings is 2. The van der Waals surface area contributed by atoms with Crippen molar-refractivity contribution >= 4 is 33.0 Å². The third-order valence-corrected chi connectivity index (χ3v) is 3.63. The van der Waals surface area contributed by atoms with Crippen LogP contribution in [0, 0.1) is 13.8 Å². The van der Waals surface area contributed by atoms with Crippen molar-refractivity contribution in [3.05, 3.63) is 52.0 Å². The SMILES string of the molecule is Cc1ccc(Nc2cccc(C)c2N)cc1Br. The summed E-state index contributed by atoms with van der Waals surface area (Å²) in [7, 11) is 0. The number of nitrogen functional groups attached to an aromatic ring is 1. The summed E-state index contributed by atoms with van der Waals surface area (Å²) in [6, 6.07) is 12.1. The fourth-order valence-electron chi connectivity index (χ4n) is 1.62. The maximum atomic E-state index is 6.02. The summed E-state index contributed by atoms with van der Waals surface area (Å²) in [4.78, 5) is 0. The lowest BCUT2D eigenvalue weighted by atomic mass is 10.1. The molecule has 0 heterocycles. The Morgan fingerprint density at radius 1 is 1.06 bits per heavy atom. The number of para-hydroxylation sites is 1. The molecule has 2 aromatic carbocycles. The average Bonchev–Trinajstić information content (AvgIpc) is 2.30. The van der Waals surface area contributed by atoms with E-state index in [1.807, 2.05) is 31.2 Å². The molecule has 0 aliphatic carbocycles. The van der Waals surface area contributed by atoms with Gasteiger partial charge in [-0.1, -0.05) is 34.1 Å². The average molecular weight is 291 g/mol. The molecule has 2 aromatic rings. The lowest BCUT2D eigenvalue weighted by Crippen LogP contribution is -1.98. The molecule has 3 N–H and O–H groups in total. The minimum absolute atomic E-state index is 0.796. The molecule has 2 nitrogen and oxygen atoms in total. The van der Waals surface area contributed by atoms with E-state index in [0.717, 1.165) is 27.1 Å². The van der Waals surface area contributed by atoms with Crippen LogP contribution in [0.2, 0.25) is 0 Å². The third-order valence-electron chi connectivity index (χ3n) is 2.77. The number of hydrogen-bond acceptors (Lipinski definition) is 2. The third kappa shape index (κ3) is 2.61. The Morgan fingerprint density at radius 2 is 1.82 bits per heavy atom. The lowest BCUT2D eigenvalue weighted by Gasteiger charge is -2.12. The van der Waals surface area contributed by atoms with Crippen LogP contribution in [0.5, 0.6) is 0 Å². The zero-order valence-electron chi connectivity index (χ0n) is 9.92. The van der Waals surface area contributed by atoms with Crippen molar-refractivity contribution in [2.45, 2.75) is 13.8 Å². The molecule has 0 saturated carbocycles. The van der Waals surface area contributed by atoms with Gasteiger partial charge in [0.2, 0.25) is 0 Å². The van der Waals surface area contributed by atoms with Crippen LogP contribution in [0.3, 0.4) is 0 Å². The number of rotatable bonds is 2.